The van der Waals surface area contributed by atoms with Crippen molar-refractivity contribution in [1.29, 1.82) is 0 Å². The summed E-state index contributed by atoms with van der Waals surface area (Å²) in [4.78, 5) is 21.4. The Labute approximate surface area is 248 Å². The second-order valence-electron chi connectivity index (χ2n) is 11.1. The summed E-state index contributed by atoms with van der Waals surface area (Å²) in [7, 11) is 0. The van der Waals surface area contributed by atoms with Crippen LogP contribution in [0, 0.1) is 0 Å². The van der Waals surface area contributed by atoms with Crippen molar-refractivity contribution in [3.63, 3.8) is 0 Å². The lowest BCUT2D eigenvalue weighted by Gasteiger charge is -2.14. The zero-order chi connectivity index (χ0) is 29.1. The molecule has 2 aromatic carbocycles. The summed E-state index contributed by atoms with van der Waals surface area (Å²) in [5.41, 5.74) is 4.42. The number of esters is 1. The molecule has 0 bridgehead atoms. The molecule has 3 rings (SSSR count). The number of benzene rings is 2. The van der Waals surface area contributed by atoms with Gasteiger partial charge < -0.3 is 9.47 Å². The number of carbonyl (C=O) groups is 1. The summed E-state index contributed by atoms with van der Waals surface area (Å²) in [6.07, 6.45) is 20.8. The maximum absolute atomic E-state index is 12.2. The largest absolute Gasteiger partial charge is 0.479 e. The highest BCUT2D eigenvalue weighted by Gasteiger charge is 2.16. The first-order valence-electron chi connectivity index (χ1n) is 16.0. The third-order valence-corrected chi connectivity index (χ3v) is 7.51. The average molecular weight is 559 g/mol. The van der Waals surface area contributed by atoms with Crippen LogP contribution in [0.4, 0.5) is 0 Å². The van der Waals surface area contributed by atoms with Crippen molar-refractivity contribution in [2.45, 2.75) is 117 Å². The predicted molar refractivity (Wildman–Crippen MR) is 169 cm³/mol. The van der Waals surface area contributed by atoms with Crippen LogP contribution in [0.1, 0.15) is 110 Å². The molecule has 0 saturated carbocycles. The van der Waals surface area contributed by atoms with Crippen LogP contribution in [0.2, 0.25) is 0 Å². The number of unbranched alkanes of at least 4 members (excludes halogenated alkanes) is 11. The van der Waals surface area contributed by atoms with E-state index in [0.717, 1.165) is 48.8 Å². The Bertz CT molecular complexity index is 1110. The van der Waals surface area contributed by atoms with Crippen molar-refractivity contribution < 1.29 is 14.3 Å². The van der Waals surface area contributed by atoms with Gasteiger partial charge in [-0.25, -0.2) is 14.8 Å². The van der Waals surface area contributed by atoms with Crippen molar-refractivity contribution >= 4 is 5.97 Å². The molecular weight excluding hydrogens is 508 g/mol. The van der Waals surface area contributed by atoms with E-state index in [1.807, 2.05) is 36.7 Å². The van der Waals surface area contributed by atoms with Gasteiger partial charge >= 0.3 is 5.97 Å². The number of nitrogens with zero attached hydrogens (tertiary/aromatic N) is 2. The van der Waals surface area contributed by atoms with Crippen LogP contribution in [0.25, 0.3) is 22.5 Å². The molecule has 1 aromatic heterocycles. The molecule has 0 aliphatic heterocycles. The molecule has 0 aliphatic carbocycles. The maximum atomic E-state index is 12.2. The van der Waals surface area contributed by atoms with E-state index in [1.165, 1.54) is 63.4 Å². The summed E-state index contributed by atoms with van der Waals surface area (Å²) in [5, 5.41) is 0. The first kappa shape index (κ1) is 32.3. The Morgan fingerprint density at radius 3 is 1.80 bits per heavy atom. The van der Waals surface area contributed by atoms with Gasteiger partial charge in [0.05, 0.1) is 6.61 Å². The minimum absolute atomic E-state index is 0.332. The van der Waals surface area contributed by atoms with Gasteiger partial charge in [-0.3, -0.25) is 0 Å². The highest BCUT2D eigenvalue weighted by molar-refractivity contribution is 5.74. The molecule has 5 heteroatoms. The number of aromatic nitrogens is 2. The molecule has 1 atom stereocenters. The standard InChI is InChI=1S/C36H50N2O3/c1-4-6-8-10-11-12-13-14-15-17-30-18-20-31(21-19-30)33-27-37-35(38-28-33)32-22-24-34(25-23-32)41-29(3)36(39)40-26-16-9-7-5-2/h18-25,27-29H,4-17,26H2,1-3H3. The maximum Gasteiger partial charge on any atom is 0.347 e. The van der Waals surface area contributed by atoms with Crippen LogP contribution in [0.3, 0.4) is 0 Å². The number of hydrogen-bond donors (Lipinski definition) is 0. The zero-order valence-electron chi connectivity index (χ0n) is 25.6. The fourth-order valence-corrected chi connectivity index (χ4v) is 4.88. The van der Waals surface area contributed by atoms with Crippen molar-refractivity contribution in [3.05, 3.63) is 66.5 Å². The van der Waals surface area contributed by atoms with Gasteiger partial charge in [0.25, 0.3) is 0 Å². The third-order valence-electron chi connectivity index (χ3n) is 7.51. The van der Waals surface area contributed by atoms with Crippen LogP contribution in [0.15, 0.2) is 60.9 Å². The minimum Gasteiger partial charge on any atom is -0.479 e. The Balaban J connectivity index is 1.41. The van der Waals surface area contributed by atoms with Crippen LogP contribution in [-0.4, -0.2) is 28.6 Å². The summed E-state index contributed by atoms with van der Waals surface area (Å²) >= 11 is 0. The van der Waals surface area contributed by atoms with Crippen molar-refractivity contribution in [3.8, 4) is 28.3 Å². The number of ether oxygens (including phenoxy) is 2. The lowest BCUT2D eigenvalue weighted by molar-refractivity contribution is -0.151. The molecule has 0 N–H and O–H groups in total. The summed E-state index contributed by atoms with van der Waals surface area (Å²) in [6, 6.07) is 16.3. The van der Waals surface area contributed by atoms with Gasteiger partial charge in [-0.1, -0.05) is 109 Å². The second-order valence-corrected chi connectivity index (χ2v) is 11.1. The predicted octanol–water partition coefficient (Wildman–Crippen LogP) is 9.77. The van der Waals surface area contributed by atoms with Gasteiger partial charge in [-0.2, -0.15) is 0 Å². The molecule has 0 amide bonds. The Morgan fingerprint density at radius 2 is 1.20 bits per heavy atom. The van der Waals surface area contributed by atoms with Crippen LogP contribution < -0.4 is 4.74 Å². The SMILES string of the molecule is CCCCCCCCCCCc1ccc(-c2cnc(-c3ccc(OC(C)C(=O)OCCCCCC)cc3)nc2)cc1. The Kier molecular flexibility index (Phi) is 15.0. The van der Waals surface area contributed by atoms with E-state index in [0.29, 0.717) is 18.2 Å². The first-order chi connectivity index (χ1) is 20.1. The number of carbonyl (C=O) groups excluding carboxylic acids is 1. The molecule has 0 aliphatic rings. The lowest BCUT2D eigenvalue weighted by atomic mass is 10.0. The smallest absolute Gasteiger partial charge is 0.347 e. The van der Waals surface area contributed by atoms with Gasteiger partial charge in [0, 0.05) is 23.5 Å². The molecule has 222 valence electrons. The monoisotopic (exact) mass is 558 g/mol. The summed E-state index contributed by atoms with van der Waals surface area (Å²) in [5.74, 6) is 0.936. The van der Waals surface area contributed by atoms with Crippen LogP contribution in [0.5, 0.6) is 5.75 Å². The summed E-state index contributed by atoms with van der Waals surface area (Å²) < 4.78 is 11.1. The number of aryl methyl sites for hydroxylation is 1. The van der Waals surface area contributed by atoms with Crippen molar-refractivity contribution in [2.24, 2.45) is 0 Å². The first-order valence-corrected chi connectivity index (χ1v) is 16.0. The Hall–Kier alpha value is -3.21. The van der Waals surface area contributed by atoms with Gasteiger partial charge in [-0.05, 0) is 61.6 Å². The van der Waals surface area contributed by atoms with E-state index in [9.17, 15) is 4.79 Å². The Morgan fingerprint density at radius 1 is 0.659 bits per heavy atom. The molecule has 0 spiro atoms. The van der Waals surface area contributed by atoms with E-state index >= 15 is 0 Å². The van der Waals surface area contributed by atoms with Gasteiger partial charge in [0.1, 0.15) is 5.75 Å². The lowest BCUT2D eigenvalue weighted by Crippen LogP contribution is -2.26. The van der Waals surface area contributed by atoms with Crippen LogP contribution >= 0.6 is 0 Å². The van der Waals surface area contributed by atoms with E-state index in [4.69, 9.17) is 9.47 Å². The minimum atomic E-state index is -0.654. The normalized spacial score (nSPS) is 11.8. The summed E-state index contributed by atoms with van der Waals surface area (Å²) in [6.45, 7) is 6.60. The van der Waals surface area contributed by atoms with E-state index in [2.05, 4.69) is 48.1 Å². The highest BCUT2D eigenvalue weighted by Crippen LogP contribution is 2.24. The van der Waals surface area contributed by atoms with Gasteiger partial charge in [0.15, 0.2) is 11.9 Å². The number of rotatable bonds is 20. The number of hydrogen-bond acceptors (Lipinski definition) is 5. The third kappa shape index (κ3) is 12.0. The zero-order valence-corrected chi connectivity index (χ0v) is 25.6. The van der Waals surface area contributed by atoms with E-state index in [1.54, 1.807) is 6.92 Å². The van der Waals surface area contributed by atoms with E-state index < -0.39 is 6.10 Å². The quantitative estimate of drug-likeness (QED) is 0.102. The molecule has 1 heterocycles. The molecule has 0 saturated heterocycles. The second kappa shape index (κ2) is 19.0. The molecule has 1 unspecified atom stereocenters. The fraction of sp³-hybridized carbons (Fsp3) is 0.528. The van der Waals surface area contributed by atoms with Gasteiger partial charge in [0.2, 0.25) is 0 Å². The van der Waals surface area contributed by atoms with Crippen molar-refractivity contribution in [1.82, 2.24) is 9.97 Å². The molecule has 0 fully saturated rings. The fourth-order valence-electron chi connectivity index (χ4n) is 4.88. The molecule has 5 nitrogen and oxygen atoms in total. The topological polar surface area (TPSA) is 61.3 Å². The molecule has 41 heavy (non-hydrogen) atoms. The highest BCUT2D eigenvalue weighted by atomic mass is 16.6. The van der Waals surface area contributed by atoms with Crippen LogP contribution in [-0.2, 0) is 16.0 Å². The molecule has 3 aromatic rings. The average Bonchev–Trinajstić information content (AvgIpc) is 3.01. The molecule has 0 radical (unpaired) electrons. The van der Waals surface area contributed by atoms with Crippen molar-refractivity contribution in [2.75, 3.05) is 6.61 Å². The van der Waals surface area contributed by atoms with E-state index in [-0.39, 0.29) is 5.97 Å². The van der Waals surface area contributed by atoms with Gasteiger partial charge in [-0.15, -0.1) is 0 Å². The molecular formula is C36H50N2O3.